The predicted octanol–water partition coefficient (Wildman–Crippen LogP) is 2.22. The van der Waals surface area contributed by atoms with Gasteiger partial charge in [0.05, 0.1) is 11.4 Å². The second kappa shape index (κ2) is 7.04. The number of nitrogens with one attached hydrogen (secondary N) is 1. The molecule has 5 nitrogen and oxygen atoms in total. The van der Waals surface area contributed by atoms with E-state index in [9.17, 15) is 13.2 Å². The Balaban J connectivity index is 1.94. The van der Waals surface area contributed by atoms with E-state index < -0.39 is 9.84 Å². The average molecular weight is 338 g/mol. The lowest BCUT2D eigenvalue weighted by molar-refractivity contribution is -0.117. The molecule has 0 saturated heterocycles. The molecule has 1 heterocycles. The Labute approximate surface area is 134 Å². The van der Waals surface area contributed by atoms with Gasteiger partial charge in [0, 0.05) is 18.5 Å². The number of rotatable bonds is 6. The van der Waals surface area contributed by atoms with Crippen LogP contribution >= 0.6 is 11.3 Å². The SMILES string of the molecule is CN(CC(=O)Nc1cccc(S(C)(=O)=O)c1)Cc1ccsc1. The Hall–Kier alpha value is -1.70. The third-order valence-corrected chi connectivity index (χ3v) is 4.83. The standard InChI is InChI=1S/C15H18N2O3S2/c1-17(9-12-6-7-21-11-12)10-15(18)16-13-4-3-5-14(8-13)22(2,19)20/h3-8,11H,9-10H2,1-2H3,(H,16,18). The van der Waals surface area contributed by atoms with Crippen LogP contribution in [0.1, 0.15) is 5.56 Å². The first-order valence-corrected chi connectivity index (χ1v) is 9.47. The first-order valence-electron chi connectivity index (χ1n) is 6.64. The normalized spacial score (nSPS) is 11.6. The number of nitrogens with zero attached hydrogens (tertiary/aromatic N) is 1. The number of carbonyl (C=O) groups is 1. The summed E-state index contributed by atoms with van der Waals surface area (Å²) in [5.41, 5.74) is 1.65. The first kappa shape index (κ1) is 16.7. The molecule has 7 heteroatoms. The van der Waals surface area contributed by atoms with Crippen molar-refractivity contribution in [2.45, 2.75) is 11.4 Å². The van der Waals surface area contributed by atoms with Gasteiger partial charge in [-0.2, -0.15) is 11.3 Å². The number of benzene rings is 1. The average Bonchev–Trinajstić information content (AvgIpc) is 2.90. The van der Waals surface area contributed by atoms with Crippen molar-refractivity contribution in [3.8, 4) is 0 Å². The molecule has 0 aliphatic heterocycles. The molecular weight excluding hydrogens is 320 g/mol. The molecule has 0 radical (unpaired) electrons. The van der Waals surface area contributed by atoms with Gasteiger partial charge in [0.15, 0.2) is 9.84 Å². The van der Waals surface area contributed by atoms with E-state index in [4.69, 9.17) is 0 Å². The van der Waals surface area contributed by atoms with Crippen LogP contribution in [0.3, 0.4) is 0 Å². The maximum atomic E-state index is 12.0. The van der Waals surface area contributed by atoms with Crippen molar-refractivity contribution in [2.75, 3.05) is 25.2 Å². The molecule has 0 spiro atoms. The first-order chi connectivity index (χ1) is 10.3. The summed E-state index contributed by atoms with van der Waals surface area (Å²) in [6.07, 6.45) is 1.14. The van der Waals surface area contributed by atoms with E-state index in [1.807, 2.05) is 28.8 Å². The molecule has 0 saturated carbocycles. The lowest BCUT2D eigenvalue weighted by atomic mass is 10.3. The van der Waals surface area contributed by atoms with Gasteiger partial charge in [-0.25, -0.2) is 8.42 Å². The molecule has 2 aromatic rings. The monoisotopic (exact) mass is 338 g/mol. The van der Waals surface area contributed by atoms with E-state index in [1.165, 1.54) is 17.7 Å². The highest BCUT2D eigenvalue weighted by molar-refractivity contribution is 7.90. The number of sulfone groups is 1. The number of hydrogen-bond acceptors (Lipinski definition) is 5. The van der Waals surface area contributed by atoms with Crippen molar-refractivity contribution < 1.29 is 13.2 Å². The van der Waals surface area contributed by atoms with Gasteiger partial charge in [-0.15, -0.1) is 0 Å². The summed E-state index contributed by atoms with van der Waals surface area (Å²) < 4.78 is 23.0. The second-order valence-corrected chi connectivity index (χ2v) is 7.95. The summed E-state index contributed by atoms with van der Waals surface area (Å²) in [4.78, 5) is 14.1. The molecule has 1 aromatic heterocycles. The van der Waals surface area contributed by atoms with Crippen LogP contribution < -0.4 is 5.32 Å². The number of likely N-dealkylation sites (N-methyl/N-ethyl adjacent to an activating group) is 1. The molecule has 0 aliphatic carbocycles. The number of anilines is 1. The summed E-state index contributed by atoms with van der Waals surface area (Å²) in [6.45, 7) is 0.930. The van der Waals surface area contributed by atoms with Gasteiger partial charge in [-0.1, -0.05) is 6.07 Å². The lowest BCUT2D eigenvalue weighted by Crippen LogP contribution is -2.29. The Morgan fingerprint density at radius 2 is 2.09 bits per heavy atom. The van der Waals surface area contributed by atoms with Crippen LogP contribution in [0, 0.1) is 0 Å². The fourth-order valence-corrected chi connectivity index (χ4v) is 3.33. The zero-order chi connectivity index (χ0) is 16.2. The van der Waals surface area contributed by atoms with Crippen molar-refractivity contribution in [2.24, 2.45) is 0 Å². The summed E-state index contributed by atoms with van der Waals surface area (Å²) in [6, 6.07) is 8.28. The van der Waals surface area contributed by atoms with Crippen LogP contribution in [-0.4, -0.2) is 39.1 Å². The minimum absolute atomic E-state index is 0.177. The molecule has 2 rings (SSSR count). The molecule has 0 bridgehead atoms. The molecular formula is C15H18N2O3S2. The molecule has 0 fully saturated rings. The topological polar surface area (TPSA) is 66.5 Å². The van der Waals surface area contributed by atoms with Crippen molar-refractivity contribution in [3.05, 3.63) is 46.7 Å². The molecule has 1 aromatic carbocycles. The van der Waals surface area contributed by atoms with Crippen molar-refractivity contribution >= 4 is 32.8 Å². The summed E-state index contributed by atoms with van der Waals surface area (Å²) in [7, 11) is -1.41. The van der Waals surface area contributed by atoms with Crippen LogP contribution in [0.25, 0.3) is 0 Å². The fourth-order valence-electron chi connectivity index (χ4n) is 2.00. The van der Waals surface area contributed by atoms with Gasteiger partial charge in [0.2, 0.25) is 5.91 Å². The maximum Gasteiger partial charge on any atom is 0.238 e. The van der Waals surface area contributed by atoms with Gasteiger partial charge in [0.25, 0.3) is 0 Å². The zero-order valence-electron chi connectivity index (χ0n) is 12.4. The van der Waals surface area contributed by atoms with E-state index in [2.05, 4.69) is 5.32 Å². The molecule has 1 amide bonds. The minimum atomic E-state index is -3.28. The fraction of sp³-hybridized carbons (Fsp3) is 0.267. The van der Waals surface area contributed by atoms with E-state index in [0.717, 1.165) is 6.26 Å². The third kappa shape index (κ3) is 4.94. The van der Waals surface area contributed by atoms with Gasteiger partial charge < -0.3 is 5.32 Å². The van der Waals surface area contributed by atoms with Crippen LogP contribution in [0.15, 0.2) is 46.0 Å². The van der Waals surface area contributed by atoms with Crippen molar-refractivity contribution in [1.29, 1.82) is 0 Å². The van der Waals surface area contributed by atoms with E-state index in [1.54, 1.807) is 23.5 Å². The van der Waals surface area contributed by atoms with E-state index in [0.29, 0.717) is 12.2 Å². The number of carbonyl (C=O) groups excluding carboxylic acids is 1. The highest BCUT2D eigenvalue weighted by atomic mass is 32.2. The molecule has 0 unspecified atom stereocenters. The van der Waals surface area contributed by atoms with Crippen LogP contribution in [0.2, 0.25) is 0 Å². The zero-order valence-corrected chi connectivity index (χ0v) is 14.1. The van der Waals surface area contributed by atoms with E-state index >= 15 is 0 Å². The predicted molar refractivity (Wildman–Crippen MR) is 88.8 cm³/mol. The van der Waals surface area contributed by atoms with Gasteiger partial charge in [0.1, 0.15) is 0 Å². The Kier molecular flexibility index (Phi) is 5.33. The second-order valence-electron chi connectivity index (χ2n) is 5.15. The molecule has 118 valence electrons. The number of amides is 1. The number of hydrogen-bond donors (Lipinski definition) is 1. The van der Waals surface area contributed by atoms with Crippen molar-refractivity contribution in [1.82, 2.24) is 4.90 Å². The lowest BCUT2D eigenvalue weighted by Gasteiger charge is -2.15. The highest BCUT2D eigenvalue weighted by Crippen LogP contribution is 2.15. The maximum absolute atomic E-state index is 12.0. The molecule has 22 heavy (non-hydrogen) atoms. The van der Waals surface area contributed by atoms with Gasteiger partial charge in [-0.3, -0.25) is 9.69 Å². The highest BCUT2D eigenvalue weighted by Gasteiger charge is 2.11. The smallest absolute Gasteiger partial charge is 0.238 e. The quantitative estimate of drug-likeness (QED) is 0.877. The largest absolute Gasteiger partial charge is 0.325 e. The van der Waals surface area contributed by atoms with Gasteiger partial charge in [-0.05, 0) is 47.6 Å². The van der Waals surface area contributed by atoms with E-state index in [-0.39, 0.29) is 17.3 Å². The summed E-state index contributed by atoms with van der Waals surface area (Å²) in [5.74, 6) is -0.177. The minimum Gasteiger partial charge on any atom is -0.325 e. The van der Waals surface area contributed by atoms with Crippen molar-refractivity contribution in [3.63, 3.8) is 0 Å². The molecule has 0 aliphatic rings. The Morgan fingerprint density at radius 1 is 1.32 bits per heavy atom. The molecule has 0 atom stereocenters. The van der Waals surface area contributed by atoms with Gasteiger partial charge >= 0.3 is 0 Å². The Bertz CT molecular complexity index is 740. The third-order valence-electron chi connectivity index (χ3n) is 2.99. The summed E-state index contributed by atoms with van der Waals surface area (Å²) in [5, 5.41) is 6.77. The van der Waals surface area contributed by atoms with Crippen LogP contribution in [0.5, 0.6) is 0 Å². The summed E-state index contributed by atoms with van der Waals surface area (Å²) >= 11 is 1.62. The van der Waals surface area contributed by atoms with Crippen LogP contribution in [0.4, 0.5) is 5.69 Å². The Morgan fingerprint density at radius 3 is 2.73 bits per heavy atom. The molecule has 1 N–H and O–H groups in total. The number of thiophene rings is 1. The van der Waals surface area contributed by atoms with Crippen LogP contribution in [-0.2, 0) is 21.2 Å².